The first-order valence-corrected chi connectivity index (χ1v) is 7.80. The number of aliphatic hydroxyl groups is 1. The molecule has 0 spiro atoms. The second kappa shape index (κ2) is 5.32. The molecule has 0 radical (unpaired) electrons. The maximum atomic E-state index is 12.7. The third-order valence-electron chi connectivity index (χ3n) is 4.52. The van der Waals surface area contributed by atoms with E-state index in [0.717, 1.165) is 33.3 Å². The molecule has 2 N–H and O–H groups in total. The van der Waals surface area contributed by atoms with Crippen molar-refractivity contribution in [3.8, 4) is 16.9 Å². The minimum atomic E-state index is -0.143. The summed E-state index contributed by atoms with van der Waals surface area (Å²) in [6.07, 6.45) is 1.70. The number of aromatic nitrogens is 3. The fraction of sp³-hybridized carbons (Fsp3) is 0.158. The molecule has 0 aromatic heterocycles. The van der Waals surface area contributed by atoms with Gasteiger partial charge in [-0.05, 0) is 37.1 Å². The number of aryl methyl sites for hydroxylation is 2. The van der Waals surface area contributed by atoms with E-state index in [2.05, 4.69) is 10.1 Å². The van der Waals surface area contributed by atoms with Crippen LogP contribution in [0.25, 0.3) is 27.8 Å². The lowest BCUT2D eigenvalue weighted by atomic mass is 10.0. The van der Waals surface area contributed by atoms with Crippen molar-refractivity contribution in [2.24, 2.45) is 0 Å². The maximum Gasteiger partial charge on any atom is 0.282 e. The third-order valence-corrected chi connectivity index (χ3v) is 4.52. The molecule has 2 aromatic carbocycles. The Labute approximate surface area is 138 Å². The lowest BCUT2D eigenvalue weighted by Crippen LogP contribution is -2.14. The molecule has 5 heteroatoms. The summed E-state index contributed by atoms with van der Waals surface area (Å²) < 4.78 is 1.44. The van der Waals surface area contributed by atoms with Crippen LogP contribution in [0, 0.1) is 13.8 Å². The average Bonchev–Trinajstić information content (AvgIpc) is 2.93. The van der Waals surface area contributed by atoms with E-state index in [0.29, 0.717) is 11.3 Å². The van der Waals surface area contributed by atoms with Crippen molar-refractivity contribution in [3.05, 3.63) is 69.6 Å². The molecule has 0 saturated heterocycles. The number of nitrogens with zero attached hydrogens (tertiary/aromatic N) is 2. The molecule has 0 atom stereocenters. The van der Waals surface area contributed by atoms with Crippen LogP contribution in [0.15, 0.2) is 47.4 Å². The molecule has 2 aliphatic rings. The number of fused-ring (bicyclic) bond motifs is 3. The van der Waals surface area contributed by atoms with Gasteiger partial charge in [0, 0.05) is 11.6 Å². The summed E-state index contributed by atoms with van der Waals surface area (Å²) in [4.78, 5) is 15.9. The average molecular weight is 319 g/mol. The molecular weight excluding hydrogens is 302 g/mol. The van der Waals surface area contributed by atoms with Crippen molar-refractivity contribution in [1.29, 1.82) is 0 Å². The van der Waals surface area contributed by atoms with E-state index in [1.807, 2.05) is 50.2 Å². The van der Waals surface area contributed by atoms with Crippen LogP contribution < -0.4 is 5.56 Å². The zero-order valence-electron chi connectivity index (χ0n) is 13.5. The summed E-state index contributed by atoms with van der Waals surface area (Å²) in [7, 11) is 0. The van der Waals surface area contributed by atoms with E-state index in [9.17, 15) is 9.90 Å². The first-order chi connectivity index (χ1) is 11.6. The number of hydrogen-bond donors (Lipinski definition) is 2. The summed E-state index contributed by atoms with van der Waals surface area (Å²) in [6.45, 7) is 3.94. The van der Waals surface area contributed by atoms with Crippen molar-refractivity contribution in [2.75, 3.05) is 0 Å². The molecule has 2 aliphatic heterocycles. The number of hydrogen-bond acceptors (Lipinski definition) is 3. The second-order valence-electron chi connectivity index (χ2n) is 6.03. The van der Waals surface area contributed by atoms with E-state index < -0.39 is 0 Å². The SMILES string of the molecule is Cc1ccc(-n2nc3c4ccc(CO)c(C)c4[nH]cc-3c2=O)cc1. The molecule has 2 heterocycles. The standard InChI is InChI=1S/C19H17N3O2/c1-11-3-6-14(7-4-11)22-19(24)16-9-20-17-12(2)13(10-23)5-8-15(17)18(16)21-22/h3-9,20,23H,10H2,1-2H3. The van der Waals surface area contributed by atoms with Crippen LogP contribution >= 0.6 is 0 Å². The van der Waals surface area contributed by atoms with Gasteiger partial charge < -0.3 is 10.1 Å². The molecule has 5 nitrogen and oxygen atoms in total. The highest BCUT2D eigenvalue weighted by Gasteiger charge is 2.20. The monoisotopic (exact) mass is 319 g/mol. The largest absolute Gasteiger partial charge is 0.392 e. The van der Waals surface area contributed by atoms with Gasteiger partial charge in [0.05, 0.1) is 23.4 Å². The number of H-pyrrole nitrogens is 1. The van der Waals surface area contributed by atoms with Crippen LogP contribution in [0.2, 0.25) is 0 Å². The number of aromatic amines is 1. The molecule has 0 aliphatic carbocycles. The van der Waals surface area contributed by atoms with Crippen LogP contribution in [0.4, 0.5) is 0 Å². The molecule has 0 amide bonds. The van der Waals surface area contributed by atoms with Crippen molar-refractivity contribution < 1.29 is 5.11 Å². The van der Waals surface area contributed by atoms with Crippen molar-refractivity contribution in [3.63, 3.8) is 0 Å². The smallest absolute Gasteiger partial charge is 0.282 e. The number of benzene rings is 2. The normalized spacial score (nSPS) is 11.5. The minimum absolute atomic E-state index is 0.0156. The molecule has 120 valence electrons. The predicted molar refractivity (Wildman–Crippen MR) is 93.7 cm³/mol. The van der Waals surface area contributed by atoms with E-state index in [-0.39, 0.29) is 12.2 Å². The first kappa shape index (κ1) is 14.7. The van der Waals surface area contributed by atoms with Gasteiger partial charge in [0.2, 0.25) is 0 Å². The van der Waals surface area contributed by atoms with Crippen LogP contribution in [-0.2, 0) is 6.61 Å². The highest BCUT2D eigenvalue weighted by Crippen LogP contribution is 2.29. The van der Waals surface area contributed by atoms with Crippen LogP contribution in [-0.4, -0.2) is 19.9 Å². The Bertz CT molecular complexity index is 1070. The van der Waals surface area contributed by atoms with Crippen LogP contribution in [0.1, 0.15) is 16.7 Å². The van der Waals surface area contributed by atoms with Gasteiger partial charge in [-0.3, -0.25) is 4.79 Å². The third kappa shape index (κ3) is 2.06. The molecule has 0 fully saturated rings. The van der Waals surface area contributed by atoms with E-state index in [1.54, 1.807) is 6.20 Å². The fourth-order valence-corrected chi connectivity index (χ4v) is 3.06. The lowest BCUT2D eigenvalue weighted by molar-refractivity contribution is 0.281. The molecule has 2 aromatic rings. The maximum absolute atomic E-state index is 12.7. The molecular formula is C19H17N3O2. The van der Waals surface area contributed by atoms with E-state index in [4.69, 9.17) is 0 Å². The Morgan fingerprint density at radius 2 is 1.88 bits per heavy atom. The van der Waals surface area contributed by atoms with Gasteiger partial charge in [0.1, 0.15) is 5.69 Å². The van der Waals surface area contributed by atoms with Gasteiger partial charge in [0.15, 0.2) is 0 Å². The van der Waals surface area contributed by atoms with Crippen molar-refractivity contribution >= 4 is 10.9 Å². The highest BCUT2D eigenvalue weighted by atomic mass is 16.3. The summed E-state index contributed by atoms with van der Waals surface area (Å²) >= 11 is 0. The number of nitrogens with one attached hydrogen (secondary N) is 1. The van der Waals surface area contributed by atoms with Gasteiger partial charge in [0.25, 0.3) is 5.56 Å². The van der Waals surface area contributed by atoms with Gasteiger partial charge in [-0.1, -0.05) is 29.8 Å². The first-order valence-electron chi connectivity index (χ1n) is 7.80. The van der Waals surface area contributed by atoms with Crippen molar-refractivity contribution in [2.45, 2.75) is 20.5 Å². The fourth-order valence-electron chi connectivity index (χ4n) is 3.06. The van der Waals surface area contributed by atoms with Crippen molar-refractivity contribution in [1.82, 2.24) is 14.8 Å². The summed E-state index contributed by atoms with van der Waals surface area (Å²) in [6, 6.07) is 11.5. The van der Waals surface area contributed by atoms with Gasteiger partial charge in [-0.15, -0.1) is 0 Å². The predicted octanol–water partition coefficient (Wildman–Crippen LogP) is 2.93. The van der Waals surface area contributed by atoms with Crippen LogP contribution in [0.3, 0.4) is 0 Å². The number of aliphatic hydroxyl groups excluding tert-OH is 1. The minimum Gasteiger partial charge on any atom is -0.392 e. The Morgan fingerprint density at radius 3 is 2.58 bits per heavy atom. The Morgan fingerprint density at radius 1 is 1.12 bits per heavy atom. The second-order valence-corrected chi connectivity index (χ2v) is 6.03. The van der Waals surface area contributed by atoms with E-state index in [1.165, 1.54) is 4.68 Å². The molecule has 24 heavy (non-hydrogen) atoms. The van der Waals surface area contributed by atoms with E-state index >= 15 is 0 Å². The summed E-state index contributed by atoms with van der Waals surface area (Å²) in [5.41, 5.74) is 5.68. The lowest BCUT2D eigenvalue weighted by Gasteiger charge is -2.09. The Balaban J connectivity index is 2.03. The summed E-state index contributed by atoms with van der Waals surface area (Å²) in [5.74, 6) is 0. The topological polar surface area (TPSA) is 70.9 Å². The quantitative estimate of drug-likeness (QED) is 0.597. The molecule has 0 bridgehead atoms. The number of rotatable bonds is 2. The Hall–Kier alpha value is -2.92. The zero-order chi connectivity index (χ0) is 16.8. The van der Waals surface area contributed by atoms with Gasteiger partial charge in [-0.2, -0.15) is 9.78 Å². The highest BCUT2D eigenvalue weighted by molar-refractivity contribution is 5.95. The summed E-state index contributed by atoms with van der Waals surface area (Å²) in [5, 5.41) is 14.9. The van der Waals surface area contributed by atoms with Gasteiger partial charge in [-0.25, -0.2) is 0 Å². The number of pyridine rings is 1. The zero-order valence-corrected chi connectivity index (χ0v) is 13.5. The molecule has 0 unspecified atom stereocenters. The van der Waals surface area contributed by atoms with Crippen LogP contribution in [0.5, 0.6) is 0 Å². The molecule has 4 rings (SSSR count). The molecule has 0 saturated carbocycles. The van der Waals surface area contributed by atoms with Gasteiger partial charge >= 0.3 is 0 Å². The Kier molecular flexibility index (Phi) is 3.25.